The molecule has 0 unspecified atom stereocenters. The molecule has 0 aliphatic heterocycles. The van der Waals surface area contributed by atoms with Gasteiger partial charge in [0.25, 0.3) is 0 Å². The molecule has 1 N–H and O–H groups in total. The molecule has 0 bridgehead atoms. The van der Waals surface area contributed by atoms with Gasteiger partial charge < -0.3 is 5.11 Å². The summed E-state index contributed by atoms with van der Waals surface area (Å²) in [6.07, 6.45) is 23.9. The molecule has 2 nitrogen and oxygen atoms in total. The predicted molar refractivity (Wildman–Crippen MR) is 143 cm³/mol. The second kappa shape index (κ2) is 25.9. The largest absolute Gasteiger partial charge is 0.481 e. The van der Waals surface area contributed by atoms with Gasteiger partial charge in [-0.05, 0) is 0 Å². The van der Waals surface area contributed by atoms with Gasteiger partial charge in [-0.3, -0.25) is 4.79 Å². The molecule has 0 aliphatic rings. The van der Waals surface area contributed by atoms with Gasteiger partial charge in [-0.1, -0.05) is 0 Å². The molecule has 0 radical (unpaired) electrons. The summed E-state index contributed by atoms with van der Waals surface area (Å²) in [7, 11) is 0. The SMILES string of the molecule is CCCCCCC[CH2][Sn]([CH2]CCC)([CH2]CCC)[CH2]CCCCCCC.O=C(O)CS. The van der Waals surface area contributed by atoms with Crippen molar-refractivity contribution in [1.29, 1.82) is 0 Å². The normalized spacial score (nSPS) is 11.2. The standard InChI is InChI=1S/2C8H17.2C4H9.C2H4O2S.Sn/c2*1-3-5-7-8-6-4-2;2*1-3-4-2;3-2(4)1-5;/h2*1,3-8H2,2H3;2*1,3-4H2,2H3;5H,1H2,(H,3,4);. The summed E-state index contributed by atoms with van der Waals surface area (Å²) in [6.45, 7) is 9.48. The maximum atomic E-state index is 9.29. The minimum Gasteiger partial charge on any atom is -0.481 e. The Balaban J connectivity index is 0. The van der Waals surface area contributed by atoms with E-state index in [-0.39, 0.29) is 5.75 Å². The third kappa shape index (κ3) is 23.3. The van der Waals surface area contributed by atoms with Gasteiger partial charge >= 0.3 is 173 Å². The fourth-order valence-corrected chi connectivity index (χ4v) is 20.7. The Morgan fingerprint density at radius 1 is 0.567 bits per heavy atom. The monoisotopic (exact) mass is 552 g/mol. The van der Waals surface area contributed by atoms with Crippen molar-refractivity contribution < 1.29 is 9.90 Å². The molecule has 182 valence electrons. The van der Waals surface area contributed by atoms with Crippen LogP contribution in [0, 0.1) is 0 Å². The molecule has 0 aromatic carbocycles. The van der Waals surface area contributed by atoms with Crippen LogP contribution in [0.15, 0.2) is 0 Å². The number of carboxylic acids is 1. The quantitative estimate of drug-likeness (QED) is 0.0847. The average Bonchev–Trinajstić information content (AvgIpc) is 2.75. The Morgan fingerprint density at radius 3 is 1.13 bits per heavy atom. The van der Waals surface area contributed by atoms with E-state index in [1.807, 2.05) is 0 Å². The summed E-state index contributed by atoms with van der Waals surface area (Å²) >= 11 is 1.59. The van der Waals surface area contributed by atoms with Crippen LogP contribution in [0.4, 0.5) is 0 Å². The van der Waals surface area contributed by atoms with Crippen molar-refractivity contribution in [1.82, 2.24) is 0 Å². The van der Waals surface area contributed by atoms with Crippen LogP contribution in [0.2, 0.25) is 17.7 Å². The topological polar surface area (TPSA) is 37.3 Å². The number of carbonyl (C=O) groups is 1. The molecular weight excluding hydrogens is 495 g/mol. The van der Waals surface area contributed by atoms with Crippen LogP contribution in [0.3, 0.4) is 0 Å². The van der Waals surface area contributed by atoms with E-state index >= 15 is 0 Å². The molecule has 0 fully saturated rings. The average molecular weight is 552 g/mol. The van der Waals surface area contributed by atoms with E-state index in [2.05, 4.69) is 40.3 Å². The molecule has 0 heterocycles. The number of thiol groups is 1. The van der Waals surface area contributed by atoms with Crippen molar-refractivity contribution >= 4 is 37.0 Å². The maximum Gasteiger partial charge on any atom is 0.313 e. The molecule has 30 heavy (non-hydrogen) atoms. The van der Waals surface area contributed by atoms with Crippen LogP contribution < -0.4 is 0 Å². The number of rotatable bonds is 21. The number of unbranched alkanes of at least 4 members (excludes halogenated alkanes) is 12. The van der Waals surface area contributed by atoms with Crippen LogP contribution >= 0.6 is 12.6 Å². The Labute approximate surface area is 200 Å². The zero-order valence-electron chi connectivity index (χ0n) is 21.2. The van der Waals surface area contributed by atoms with E-state index in [1.165, 1.54) is 77.0 Å². The Morgan fingerprint density at radius 2 is 0.833 bits per heavy atom. The van der Waals surface area contributed by atoms with Gasteiger partial charge in [0.05, 0.1) is 5.75 Å². The van der Waals surface area contributed by atoms with Gasteiger partial charge in [-0.2, -0.15) is 12.6 Å². The summed E-state index contributed by atoms with van der Waals surface area (Å²) in [4.78, 5) is 9.29. The van der Waals surface area contributed by atoms with Gasteiger partial charge in [-0.25, -0.2) is 0 Å². The summed E-state index contributed by atoms with van der Waals surface area (Å²) in [5.41, 5.74) is 0. The second-order valence-corrected chi connectivity index (χ2v) is 23.9. The zero-order chi connectivity index (χ0) is 22.9. The zero-order valence-corrected chi connectivity index (χ0v) is 24.9. The molecule has 4 heteroatoms. The molecule has 0 saturated heterocycles. The van der Waals surface area contributed by atoms with Gasteiger partial charge in [0.15, 0.2) is 0 Å². The molecule has 0 saturated carbocycles. The summed E-state index contributed by atoms with van der Waals surface area (Å²) in [5, 5.41) is 7.65. The van der Waals surface area contributed by atoms with Crippen LogP contribution in [0.1, 0.15) is 130 Å². The van der Waals surface area contributed by atoms with Gasteiger partial charge in [-0.15, -0.1) is 0 Å². The number of hydrogen-bond acceptors (Lipinski definition) is 2. The van der Waals surface area contributed by atoms with Crippen LogP contribution in [-0.4, -0.2) is 35.2 Å². The van der Waals surface area contributed by atoms with Crippen LogP contribution in [-0.2, 0) is 4.79 Å². The molecule has 0 rings (SSSR count). The second-order valence-electron chi connectivity index (χ2n) is 9.29. The number of hydrogen-bond donors (Lipinski definition) is 2. The molecule has 0 aliphatic carbocycles. The molecule has 0 amide bonds. The van der Waals surface area contributed by atoms with E-state index in [4.69, 9.17) is 5.11 Å². The fourth-order valence-electron chi connectivity index (χ4n) is 4.41. The minimum atomic E-state index is -1.83. The van der Waals surface area contributed by atoms with Gasteiger partial charge in [0, 0.05) is 0 Å². The van der Waals surface area contributed by atoms with Gasteiger partial charge in [0.1, 0.15) is 0 Å². The first-order valence-electron chi connectivity index (χ1n) is 13.3. The Hall–Kier alpha value is 0.619. The van der Waals surface area contributed by atoms with E-state index in [0.29, 0.717) is 0 Å². The molecule has 0 spiro atoms. The predicted octanol–water partition coefficient (Wildman–Crippen LogP) is 9.76. The Kier molecular flexibility index (Phi) is 28.3. The maximum absolute atomic E-state index is 9.29. The fraction of sp³-hybridized carbons (Fsp3) is 0.962. The molecule has 0 aromatic heterocycles. The first-order chi connectivity index (χ1) is 14.5. The van der Waals surface area contributed by atoms with Gasteiger partial charge in [0.2, 0.25) is 0 Å². The van der Waals surface area contributed by atoms with E-state index in [1.54, 1.807) is 43.4 Å². The molecular formula is C26H56O2SSn. The van der Waals surface area contributed by atoms with E-state index in [0.717, 1.165) is 0 Å². The van der Waals surface area contributed by atoms with Crippen molar-refractivity contribution in [3.05, 3.63) is 0 Å². The summed E-state index contributed by atoms with van der Waals surface area (Å²) in [5.74, 6) is -0.965. The number of carboxylic acid groups (broad SMARTS) is 1. The first-order valence-corrected chi connectivity index (χ1v) is 22.0. The minimum absolute atomic E-state index is 0.0833. The third-order valence-electron chi connectivity index (χ3n) is 6.38. The van der Waals surface area contributed by atoms with E-state index in [9.17, 15) is 4.79 Å². The van der Waals surface area contributed by atoms with Crippen LogP contribution in [0.5, 0.6) is 0 Å². The van der Waals surface area contributed by atoms with Crippen molar-refractivity contribution in [3.8, 4) is 0 Å². The summed E-state index contributed by atoms with van der Waals surface area (Å²) < 4.78 is 6.90. The van der Waals surface area contributed by atoms with E-state index < -0.39 is 24.3 Å². The number of aliphatic carboxylic acids is 1. The van der Waals surface area contributed by atoms with Crippen molar-refractivity contribution in [3.63, 3.8) is 0 Å². The summed E-state index contributed by atoms with van der Waals surface area (Å²) in [6, 6.07) is 0. The van der Waals surface area contributed by atoms with Crippen molar-refractivity contribution in [2.24, 2.45) is 0 Å². The van der Waals surface area contributed by atoms with Crippen molar-refractivity contribution in [2.75, 3.05) is 5.75 Å². The third-order valence-corrected chi connectivity index (χ3v) is 22.8. The smallest absolute Gasteiger partial charge is 0.313 e. The Bertz CT molecular complexity index is 324. The molecule has 0 atom stereocenters. The van der Waals surface area contributed by atoms with Crippen LogP contribution in [0.25, 0.3) is 0 Å². The first kappa shape index (κ1) is 32.8. The van der Waals surface area contributed by atoms with Crippen molar-refractivity contribution in [2.45, 2.75) is 148 Å². The molecule has 0 aromatic rings.